The van der Waals surface area contributed by atoms with E-state index in [0.717, 1.165) is 17.2 Å². The molecule has 3 rings (SSSR count). The number of phenolic OH excluding ortho intramolecular Hbond substituents is 1. The standard InChI is InChI=1S/C22H18N4O5S/c1-14-10-17(26(30)31)11-16(20(14)27)13-23-25-22(29)19(12-18-8-5-9-32-18)24-21(28)15-6-3-2-4-7-15/h2-13,27H,1H3,(H,24,28)(H,25,29). The van der Waals surface area contributed by atoms with Gasteiger partial charge in [-0.05, 0) is 42.1 Å². The molecule has 0 fully saturated rings. The van der Waals surface area contributed by atoms with Crippen molar-refractivity contribution in [1.29, 1.82) is 0 Å². The molecule has 0 saturated heterocycles. The number of nitrogens with zero attached hydrogens (tertiary/aromatic N) is 2. The van der Waals surface area contributed by atoms with Crippen LogP contribution in [0.4, 0.5) is 5.69 Å². The molecular weight excluding hydrogens is 432 g/mol. The number of hydrogen-bond donors (Lipinski definition) is 3. The minimum Gasteiger partial charge on any atom is -0.507 e. The lowest BCUT2D eigenvalue weighted by atomic mass is 10.1. The van der Waals surface area contributed by atoms with Crippen LogP contribution in [0.3, 0.4) is 0 Å². The van der Waals surface area contributed by atoms with Crippen molar-refractivity contribution in [2.75, 3.05) is 0 Å². The molecule has 2 amide bonds. The van der Waals surface area contributed by atoms with Crippen molar-refractivity contribution < 1.29 is 19.6 Å². The maximum Gasteiger partial charge on any atom is 0.287 e. The van der Waals surface area contributed by atoms with E-state index >= 15 is 0 Å². The molecule has 3 aromatic rings. The van der Waals surface area contributed by atoms with Crippen LogP contribution in [0.1, 0.15) is 26.4 Å². The number of hydrazone groups is 1. The van der Waals surface area contributed by atoms with Crippen molar-refractivity contribution in [2.45, 2.75) is 6.92 Å². The zero-order valence-corrected chi connectivity index (χ0v) is 17.6. The molecule has 0 aliphatic carbocycles. The van der Waals surface area contributed by atoms with Gasteiger partial charge in [-0.3, -0.25) is 19.7 Å². The fourth-order valence-electron chi connectivity index (χ4n) is 2.67. The first-order valence-electron chi connectivity index (χ1n) is 9.28. The summed E-state index contributed by atoms with van der Waals surface area (Å²) >= 11 is 1.38. The summed E-state index contributed by atoms with van der Waals surface area (Å²) in [5.41, 5.74) is 2.73. The maximum absolute atomic E-state index is 12.7. The molecule has 162 valence electrons. The quantitative estimate of drug-likeness (QED) is 0.219. The van der Waals surface area contributed by atoms with E-state index in [1.165, 1.54) is 30.4 Å². The Balaban J connectivity index is 1.80. The van der Waals surface area contributed by atoms with Gasteiger partial charge in [0.15, 0.2) is 0 Å². The summed E-state index contributed by atoms with van der Waals surface area (Å²) in [5, 5.41) is 29.3. The number of nitrogens with one attached hydrogen (secondary N) is 2. The summed E-state index contributed by atoms with van der Waals surface area (Å²) in [5.74, 6) is -1.37. The number of nitro benzene ring substituents is 1. The smallest absolute Gasteiger partial charge is 0.287 e. The molecule has 3 N–H and O–H groups in total. The number of non-ortho nitro benzene ring substituents is 1. The Morgan fingerprint density at radius 1 is 1.16 bits per heavy atom. The van der Waals surface area contributed by atoms with E-state index in [1.807, 2.05) is 5.38 Å². The first kappa shape index (κ1) is 22.4. The summed E-state index contributed by atoms with van der Waals surface area (Å²) in [4.78, 5) is 36.3. The Morgan fingerprint density at radius 2 is 1.91 bits per heavy atom. The van der Waals surface area contributed by atoms with Gasteiger partial charge in [-0.2, -0.15) is 5.10 Å². The van der Waals surface area contributed by atoms with Crippen LogP contribution in [-0.4, -0.2) is 28.1 Å². The van der Waals surface area contributed by atoms with Gasteiger partial charge in [0.1, 0.15) is 11.4 Å². The second kappa shape index (κ2) is 10.1. The molecule has 0 unspecified atom stereocenters. The molecule has 32 heavy (non-hydrogen) atoms. The van der Waals surface area contributed by atoms with Crippen LogP contribution in [0.5, 0.6) is 5.75 Å². The number of rotatable bonds is 7. The Labute approximate surface area is 186 Å². The number of hydrogen-bond acceptors (Lipinski definition) is 7. The van der Waals surface area contributed by atoms with Crippen LogP contribution in [0.2, 0.25) is 0 Å². The van der Waals surface area contributed by atoms with E-state index < -0.39 is 16.7 Å². The minimum absolute atomic E-state index is 0.0436. The van der Waals surface area contributed by atoms with Crippen LogP contribution in [0.25, 0.3) is 6.08 Å². The van der Waals surface area contributed by atoms with Gasteiger partial charge in [0, 0.05) is 28.1 Å². The van der Waals surface area contributed by atoms with E-state index in [4.69, 9.17) is 0 Å². The second-order valence-corrected chi connectivity index (χ2v) is 7.53. The lowest BCUT2D eigenvalue weighted by Crippen LogP contribution is -2.32. The van der Waals surface area contributed by atoms with Gasteiger partial charge in [-0.1, -0.05) is 24.3 Å². The Morgan fingerprint density at radius 3 is 2.56 bits per heavy atom. The summed E-state index contributed by atoms with van der Waals surface area (Å²) in [6, 6.07) is 14.3. The molecule has 2 aromatic carbocycles. The number of amides is 2. The average molecular weight is 450 g/mol. The summed E-state index contributed by atoms with van der Waals surface area (Å²) < 4.78 is 0. The molecule has 9 nitrogen and oxygen atoms in total. The zero-order valence-electron chi connectivity index (χ0n) is 16.8. The number of carbonyl (C=O) groups is 2. The predicted molar refractivity (Wildman–Crippen MR) is 121 cm³/mol. The lowest BCUT2D eigenvalue weighted by molar-refractivity contribution is -0.384. The third-order valence-electron chi connectivity index (χ3n) is 4.25. The number of aryl methyl sites for hydroxylation is 1. The summed E-state index contributed by atoms with van der Waals surface area (Å²) in [7, 11) is 0. The van der Waals surface area contributed by atoms with Crippen molar-refractivity contribution in [3.63, 3.8) is 0 Å². The van der Waals surface area contributed by atoms with Crippen molar-refractivity contribution in [3.05, 3.63) is 97.4 Å². The fraction of sp³-hybridized carbons (Fsp3) is 0.0455. The number of aromatic hydroxyl groups is 1. The molecule has 0 aliphatic heterocycles. The number of nitro groups is 1. The molecule has 10 heteroatoms. The maximum atomic E-state index is 12.7. The Bertz CT molecular complexity index is 1200. The predicted octanol–water partition coefficient (Wildman–Crippen LogP) is 3.59. The second-order valence-electron chi connectivity index (χ2n) is 6.55. The van der Waals surface area contributed by atoms with Crippen molar-refractivity contribution in [1.82, 2.24) is 10.7 Å². The molecule has 0 aliphatic rings. The Kier molecular flexibility index (Phi) is 7.09. The fourth-order valence-corrected chi connectivity index (χ4v) is 3.33. The Hall–Kier alpha value is -4.31. The first-order valence-corrected chi connectivity index (χ1v) is 10.2. The third-order valence-corrected chi connectivity index (χ3v) is 5.07. The monoisotopic (exact) mass is 450 g/mol. The molecule has 0 saturated carbocycles. The minimum atomic E-state index is -0.708. The highest BCUT2D eigenvalue weighted by Gasteiger charge is 2.15. The normalized spacial score (nSPS) is 11.3. The van der Waals surface area contributed by atoms with Crippen molar-refractivity contribution in [3.8, 4) is 5.75 Å². The van der Waals surface area contributed by atoms with Crippen molar-refractivity contribution >= 4 is 41.1 Å². The zero-order chi connectivity index (χ0) is 23.1. The highest BCUT2D eigenvalue weighted by Crippen LogP contribution is 2.26. The number of thiophene rings is 1. The van der Waals surface area contributed by atoms with E-state index in [0.29, 0.717) is 11.1 Å². The number of phenols is 1. The largest absolute Gasteiger partial charge is 0.507 e. The van der Waals surface area contributed by atoms with E-state index in [-0.39, 0.29) is 22.7 Å². The first-order chi connectivity index (χ1) is 15.3. The molecule has 1 aromatic heterocycles. The highest BCUT2D eigenvalue weighted by atomic mass is 32.1. The van der Waals surface area contributed by atoms with E-state index in [2.05, 4.69) is 15.8 Å². The van der Waals surface area contributed by atoms with Crippen LogP contribution >= 0.6 is 11.3 Å². The van der Waals surface area contributed by atoms with Crippen LogP contribution < -0.4 is 10.7 Å². The highest BCUT2D eigenvalue weighted by molar-refractivity contribution is 7.10. The number of carbonyl (C=O) groups excluding carboxylic acids is 2. The number of benzene rings is 2. The van der Waals surface area contributed by atoms with Crippen LogP contribution in [-0.2, 0) is 4.79 Å². The average Bonchev–Trinajstić information content (AvgIpc) is 3.29. The van der Waals surface area contributed by atoms with Crippen LogP contribution in [0, 0.1) is 17.0 Å². The van der Waals surface area contributed by atoms with Gasteiger partial charge in [0.25, 0.3) is 17.5 Å². The van der Waals surface area contributed by atoms with Gasteiger partial charge in [-0.15, -0.1) is 11.3 Å². The van der Waals surface area contributed by atoms with E-state index in [9.17, 15) is 24.8 Å². The van der Waals surface area contributed by atoms with Crippen LogP contribution in [0.15, 0.2) is 70.8 Å². The van der Waals surface area contributed by atoms with Gasteiger partial charge >= 0.3 is 0 Å². The lowest BCUT2D eigenvalue weighted by Gasteiger charge is -2.09. The SMILES string of the molecule is Cc1cc([N+](=O)[O-])cc(C=NNC(=O)C(=Cc2cccs2)NC(=O)c2ccccc2)c1O. The van der Waals surface area contributed by atoms with Gasteiger partial charge < -0.3 is 10.4 Å². The van der Waals surface area contributed by atoms with Gasteiger partial charge in [-0.25, -0.2) is 5.43 Å². The van der Waals surface area contributed by atoms with Gasteiger partial charge in [0.05, 0.1) is 11.1 Å². The van der Waals surface area contributed by atoms with Crippen molar-refractivity contribution in [2.24, 2.45) is 5.10 Å². The molecule has 0 spiro atoms. The molecule has 0 bridgehead atoms. The molecule has 1 heterocycles. The van der Waals surface area contributed by atoms with Gasteiger partial charge in [0.2, 0.25) is 0 Å². The molecule has 0 atom stereocenters. The summed E-state index contributed by atoms with van der Waals surface area (Å²) in [6.07, 6.45) is 2.60. The summed E-state index contributed by atoms with van der Waals surface area (Å²) in [6.45, 7) is 1.51. The molecular formula is C22H18N4O5S. The molecule has 0 radical (unpaired) electrons. The third kappa shape index (κ3) is 5.64. The van der Waals surface area contributed by atoms with E-state index in [1.54, 1.807) is 42.5 Å². The topological polar surface area (TPSA) is 134 Å².